The molecule has 0 bridgehead atoms. The van der Waals surface area contributed by atoms with Crippen LogP contribution in [0.25, 0.3) is 0 Å². The third-order valence-corrected chi connectivity index (χ3v) is 6.33. The fourth-order valence-electron chi connectivity index (χ4n) is 3.36. The third kappa shape index (κ3) is 4.85. The fraction of sp³-hybridized carbons (Fsp3) is 0.238. The van der Waals surface area contributed by atoms with E-state index in [1.807, 2.05) is 6.07 Å². The van der Waals surface area contributed by atoms with Crippen LogP contribution in [0.5, 0.6) is 5.75 Å². The van der Waals surface area contributed by atoms with Crippen molar-refractivity contribution in [1.29, 1.82) is 0 Å². The number of hydrogen-bond donors (Lipinski definition) is 2. The van der Waals surface area contributed by atoms with Crippen molar-refractivity contribution in [1.82, 2.24) is 10.2 Å². The summed E-state index contributed by atoms with van der Waals surface area (Å²) < 4.78 is 46.2. The van der Waals surface area contributed by atoms with E-state index in [0.717, 1.165) is 30.5 Å². The SMILES string of the molecule is COc1ccc(S(=O)(=O)Nc2ccc(Nc3cc(N4CCCC4)cnn3)cc2)cc1F. The second kappa shape index (κ2) is 8.76. The predicted octanol–water partition coefficient (Wildman–Crippen LogP) is 3.77. The maximum Gasteiger partial charge on any atom is 0.262 e. The largest absolute Gasteiger partial charge is 0.494 e. The number of hydrogen-bond acceptors (Lipinski definition) is 7. The molecular formula is C21H22FN5O3S. The number of nitrogens with zero attached hydrogens (tertiary/aromatic N) is 3. The van der Waals surface area contributed by atoms with E-state index in [1.165, 1.54) is 32.1 Å². The predicted molar refractivity (Wildman–Crippen MR) is 117 cm³/mol. The number of benzene rings is 2. The Kier molecular flexibility index (Phi) is 5.90. The Morgan fingerprint density at radius 2 is 1.74 bits per heavy atom. The minimum absolute atomic E-state index is 0.0220. The van der Waals surface area contributed by atoms with Crippen LogP contribution in [0, 0.1) is 5.82 Å². The van der Waals surface area contributed by atoms with E-state index in [2.05, 4.69) is 25.1 Å². The van der Waals surface area contributed by atoms with Gasteiger partial charge in [-0.1, -0.05) is 0 Å². The summed E-state index contributed by atoms with van der Waals surface area (Å²) in [5.41, 5.74) is 2.09. The van der Waals surface area contributed by atoms with Crippen molar-refractivity contribution in [3.63, 3.8) is 0 Å². The van der Waals surface area contributed by atoms with Crippen LogP contribution in [-0.4, -0.2) is 38.8 Å². The van der Waals surface area contributed by atoms with Gasteiger partial charge in [0.1, 0.15) is 0 Å². The molecule has 10 heteroatoms. The molecule has 1 saturated heterocycles. The molecule has 0 spiro atoms. The van der Waals surface area contributed by atoms with E-state index in [1.54, 1.807) is 30.5 Å². The molecule has 2 heterocycles. The number of rotatable bonds is 7. The van der Waals surface area contributed by atoms with Crippen molar-refractivity contribution in [3.05, 3.63) is 60.5 Å². The van der Waals surface area contributed by atoms with Crippen LogP contribution < -0.4 is 19.7 Å². The van der Waals surface area contributed by atoms with Crippen LogP contribution in [0.15, 0.2) is 59.6 Å². The molecule has 1 aliphatic rings. The number of halogens is 1. The molecule has 31 heavy (non-hydrogen) atoms. The Hall–Kier alpha value is -3.40. The van der Waals surface area contributed by atoms with Crippen LogP contribution in [0.1, 0.15) is 12.8 Å². The van der Waals surface area contributed by atoms with E-state index in [-0.39, 0.29) is 10.6 Å². The van der Waals surface area contributed by atoms with Crippen molar-refractivity contribution in [2.75, 3.05) is 35.1 Å². The lowest BCUT2D eigenvalue weighted by atomic mass is 10.3. The second-order valence-corrected chi connectivity index (χ2v) is 8.78. The van der Waals surface area contributed by atoms with Crippen LogP contribution >= 0.6 is 0 Å². The van der Waals surface area contributed by atoms with Gasteiger partial charge in [0.15, 0.2) is 17.4 Å². The minimum atomic E-state index is -3.94. The first-order valence-corrected chi connectivity index (χ1v) is 11.2. The van der Waals surface area contributed by atoms with Crippen molar-refractivity contribution < 1.29 is 17.5 Å². The summed E-state index contributed by atoms with van der Waals surface area (Å²) in [6.45, 7) is 2.02. The number of ether oxygens (including phenoxy) is 1. The maximum atomic E-state index is 13.9. The Balaban J connectivity index is 1.45. The van der Waals surface area contributed by atoms with Gasteiger partial charge in [0.05, 0.1) is 23.9 Å². The molecule has 2 aromatic carbocycles. The molecule has 0 atom stereocenters. The van der Waals surface area contributed by atoms with E-state index < -0.39 is 15.8 Å². The van der Waals surface area contributed by atoms with Crippen molar-refractivity contribution in [3.8, 4) is 5.75 Å². The second-order valence-electron chi connectivity index (χ2n) is 7.10. The normalized spacial score (nSPS) is 13.8. The molecule has 0 amide bonds. The van der Waals surface area contributed by atoms with Crippen LogP contribution in [0.2, 0.25) is 0 Å². The van der Waals surface area contributed by atoms with Gasteiger partial charge in [0.2, 0.25) is 0 Å². The molecule has 4 rings (SSSR count). The molecule has 1 fully saturated rings. The van der Waals surface area contributed by atoms with Crippen molar-refractivity contribution >= 4 is 32.9 Å². The molecule has 3 aromatic rings. The molecule has 8 nitrogen and oxygen atoms in total. The summed E-state index contributed by atoms with van der Waals surface area (Å²) >= 11 is 0. The van der Waals surface area contributed by atoms with E-state index >= 15 is 0 Å². The van der Waals surface area contributed by atoms with Gasteiger partial charge in [-0.3, -0.25) is 4.72 Å². The lowest BCUT2D eigenvalue weighted by Crippen LogP contribution is -2.18. The summed E-state index contributed by atoms with van der Waals surface area (Å²) in [6.07, 6.45) is 4.09. The topological polar surface area (TPSA) is 96.5 Å². The highest BCUT2D eigenvalue weighted by Gasteiger charge is 2.17. The number of aromatic nitrogens is 2. The lowest BCUT2D eigenvalue weighted by molar-refractivity contribution is 0.385. The third-order valence-electron chi connectivity index (χ3n) is 4.95. The van der Waals surface area contributed by atoms with E-state index in [9.17, 15) is 12.8 Å². The average Bonchev–Trinajstić information content (AvgIpc) is 3.30. The summed E-state index contributed by atoms with van der Waals surface area (Å²) in [5, 5.41) is 11.3. The van der Waals surface area contributed by atoms with Gasteiger partial charge < -0.3 is 15.0 Å². The molecular weight excluding hydrogens is 421 g/mol. The molecule has 162 valence electrons. The van der Waals surface area contributed by atoms with Gasteiger partial charge in [-0.15, -0.1) is 5.10 Å². The summed E-state index contributed by atoms with van der Waals surface area (Å²) in [6, 6.07) is 12.1. The molecule has 0 unspecified atom stereocenters. The maximum absolute atomic E-state index is 13.9. The standard InChI is InChI=1S/C21H22FN5O3S/c1-30-20-9-8-18(13-19(20)22)31(28,29)26-16-6-4-15(5-7-16)24-21-12-17(14-23-25-21)27-10-2-3-11-27/h4-9,12-14,26H,2-3,10-11H2,1H3,(H,24,25). The zero-order valence-electron chi connectivity index (χ0n) is 16.9. The Morgan fingerprint density at radius 3 is 2.42 bits per heavy atom. The molecule has 1 aromatic heterocycles. The first kappa shape index (κ1) is 20.9. The van der Waals surface area contributed by atoms with Gasteiger partial charge in [-0.05, 0) is 55.3 Å². The van der Waals surface area contributed by atoms with Crippen LogP contribution in [0.4, 0.5) is 27.3 Å². The molecule has 2 N–H and O–H groups in total. The van der Waals surface area contributed by atoms with Gasteiger partial charge in [0.25, 0.3) is 10.0 Å². The monoisotopic (exact) mass is 443 g/mol. The van der Waals surface area contributed by atoms with Gasteiger partial charge in [-0.2, -0.15) is 5.10 Å². The Bertz CT molecular complexity index is 1170. The van der Waals surface area contributed by atoms with Crippen molar-refractivity contribution in [2.24, 2.45) is 0 Å². The van der Waals surface area contributed by atoms with Gasteiger partial charge >= 0.3 is 0 Å². The summed E-state index contributed by atoms with van der Waals surface area (Å²) in [4.78, 5) is 2.07. The number of nitrogens with one attached hydrogen (secondary N) is 2. The number of methoxy groups -OCH3 is 1. The molecule has 0 aliphatic carbocycles. The van der Waals surface area contributed by atoms with Gasteiger partial charge in [0, 0.05) is 30.5 Å². The fourth-order valence-corrected chi connectivity index (χ4v) is 4.43. The van der Waals surface area contributed by atoms with E-state index in [4.69, 9.17) is 4.74 Å². The molecule has 0 saturated carbocycles. The highest BCUT2D eigenvalue weighted by molar-refractivity contribution is 7.92. The quantitative estimate of drug-likeness (QED) is 0.574. The highest BCUT2D eigenvalue weighted by atomic mass is 32.2. The first-order valence-electron chi connectivity index (χ1n) is 9.76. The molecule has 1 aliphatic heterocycles. The summed E-state index contributed by atoms with van der Waals surface area (Å²) in [7, 11) is -2.63. The lowest BCUT2D eigenvalue weighted by Gasteiger charge is -2.17. The minimum Gasteiger partial charge on any atom is -0.494 e. The first-order chi connectivity index (χ1) is 14.9. The smallest absolute Gasteiger partial charge is 0.262 e. The number of sulfonamides is 1. The van der Waals surface area contributed by atoms with Crippen LogP contribution in [0.3, 0.4) is 0 Å². The summed E-state index contributed by atoms with van der Waals surface area (Å²) in [5.74, 6) is -0.167. The Morgan fingerprint density at radius 1 is 1.03 bits per heavy atom. The van der Waals surface area contributed by atoms with Crippen molar-refractivity contribution in [2.45, 2.75) is 17.7 Å². The number of anilines is 4. The van der Waals surface area contributed by atoms with Gasteiger partial charge in [-0.25, -0.2) is 12.8 Å². The Labute approximate surface area is 180 Å². The zero-order chi connectivity index (χ0) is 21.8. The van der Waals surface area contributed by atoms with E-state index in [0.29, 0.717) is 11.5 Å². The molecule has 0 radical (unpaired) electrons. The highest BCUT2D eigenvalue weighted by Crippen LogP contribution is 2.25. The average molecular weight is 444 g/mol. The van der Waals surface area contributed by atoms with Crippen LogP contribution in [-0.2, 0) is 10.0 Å². The zero-order valence-corrected chi connectivity index (χ0v) is 17.7.